The van der Waals surface area contributed by atoms with E-state index < -0.39 is 0 Å². The Bertz CT molecular complexity index is 513. The smallest absolute Gasteiger partial charge is 0.137 e. The SMILES string of the molecule is COc1ccc(C(N)Cc2ccccc2)cc1Cl. The van der Waals surface area contributed by atoms with Crippen LogP contribution in [-0.2, 0) is 6.42 Å². The van der Waals surface area contributed by atoms with Crippen LogP contribution in [0.15, 0.2) is 48.5 Å². The average Bonchev–Trinajstić information content (AvgIpc) is 2.39. The molecule has 2 aromatic rings. The first kappa shape index (κ1) is 12.9. The second kappa shape index (κ2) is 5.89. The van der Waals surface area contributed by atoms with Gasteiger partial charge in [-0.3, -0.25) is 0 Å². The van der Waals surface area contributed by atoms with E-state index >= 15 is 0 Å². The molecular formula is C15H16ClNO. The third kappa shape index (κ3) is 3.03. The van der Waals surface area contributed by atoms with Crippen LogP contribution >= 0.6 is 11.6 Å². The lowest BCUT2D eigenvalue weighted by Crippen LogP contribution is -2.13. The number of hydrogen-bond acceptors (Lipinski definition) is 2. The first-order valence-electron chi connectivity index (χ1n) is 5.83. The van der Waals surface area contributed by atoms with E-state index in [4.69, 9.17) is 22.1 Å². The first-order chi connectivity index (χ1) is 8.70. The highest BCUT2D eigenvalue weighted by atomic mass is 35.5. The molecule has 94 valence electrons. The van der Waals surface area contributed by atoms with Crippen molar-refractivity contribution in [3.8, 4) is 5.75 Å². The Morgan fingerprint density at radius 3 is 2.50 bits per heavy atom. The van der Waals surface area contributed by atoms with Crippen molar-refractivity contribution in [2.24, 2.45) is 5.73 Å². The molecule has 0 radical (unpaired) electrons. The summed E-state index contributed by atoms with van der Waals surface area (Å²) in [6, 6.07) is 15.8. The standard InChI is InChI=1S/C15H16ClNO/c1-18-15-8-7-12(10-13(15)16)14(17)9-11-5-3-2-4-6-11/h2-8,10,14H,9,17H2,1H3. The van der Waals surface area contributed by atoms with Gasteiger partial charge in [-0.2, -0.15) is 0 Å². The van der Waals surface area contributed by atoms with Gasteiger partial charge in [-0.1, -0.05) is 48.0 Å². The number of nitrogens with two attached hydrogens (primary N) is 1. The Hall–Kier alpha value is -1.51. The number of halogens is 1. The van der Waals surface area contributed by atoms with Gasteiger partial charge in [-0.05, 0) is 29.7 Å². The fourth-order valence-electron chi connectivity index (χ4n) is 1.90. The molecule has 0 saturated heterocycles. The van der Waals surface area contributed by atoms with Crippen LogP contribution < -0.4 is 10.5 Å². The highest BCUT2D eigenvalue weighted by Gasteiger charge is 2.09. The zero-order chi connectivity index (χ0) is 13.0. The molecule has 18 heavy (non-hydrogen) atoms. The molecule has 1 atom stereocenters. The van der Waals surface area contributed by atoms with Crippen molar-refractivity contribution in [1.82, 2.24) is 0 Å². The molecule has 0 aliphatic heterocycles. The van der Waals surface area contributed by atoms with Crippen molar-refractivity contribution >= 4 is 11.6 Å². The van der Waals surface area contributed by atoms with Crippen molar-refractivity contribution < 1.29 is 4.74 Å². The third-order valence-corrected chi connectivity index (χ3v) is 3.20. The predicted molar refractivity (Wildman–Crippen MR) is 75.1 cm³/mol. The average molecular weight is 262 g/mol. The van der Waals surface area contributed by atoms with Gasteiger partial charge in [-0.25, -0.2) is 0 Å². The highest BCUT2D eigenvalue weighted by Crippen LogP contribution is 2.27. The summed E-state index contributed by atoms with van der Waals surface area (Å²) < 4.78 is 5.13. The zero-order valence-electron chi connectivity index (χ0n) is 10.3. The van der Waals surface area contributed by atoms with Crippen molar-refractivity contribution in [1.29, 1.82) is 0 Å². The van der Waals surface area contributed by atoms with Crippen molar-refractivity contribution in [3.05, 3.63) is 64.7 Å². The molecule has 0 heterocycles. The molecule has 0 amide bonds. The van der Waals surface area contributed by atoms with E-state index in [1.165, 1.54) is 5.56 Å². The molecule has 0 spiro atoms. The van der Waals surface area contributed by atoms with Gasteiger partial charge in [-0.15, -0.1) is 0 Å². The summed E-state index contributed by atoms with van der Waals surface area (Å²) in [5, 5.41) is 0.596. The van der Waals surface area contributed by atoms with Crippen LogP contribution in [0.5, 0.6) is 5.75 Å². The third-order valence-electron chi connectivity index (χ3n) is 2.90. The molecule has 3 heteroatoms. The summed E-state index contributed by atoms with van der Waals surface area (Å²) in [7, 11) is 1.60. The largest absolute Gasteiger partial charge is 0.495 e. The van der Waals surface area contributed by atoms with E-state index in [2.05, 4.69) is 12.1 Å². The number of hydrogen-bond donors (Lipinski definition) is 1. The molecule has 0 fully saturated rings. The quantitative estimate of drug-likeness (QED) is 0.913. The summed E-state index contributed by atoms with van der Waals surface area (Å²) in [5.41, 5.74) is 8.43. The van der Waals surface area contributed by atoms with E-state index in [-0.39, 0.29) is 6.04 Å². The van der Waals surface area contributed by atoms with Gasteiger partial charge in [0.05, 0.1) is 12.1 Å². The molecule has 2 rings (SSSR count). The Morgan fingerprint density at radius 1 is 1.17 bits per heavy atom. The number of methoxy groups -OCH3 is 1. The van der Waals surface area contributed by atoms with E-state index in [0.29, 0.717) is 10.8 Å². The van der Waals surface area contributed by atoms with Crippen LogP contribution in [0.2, 0.25) is 5.02 Å². The van der Waals surface area contributed by atoms with Gasteiger partial charge in [0.15, 0.2) is 0 Å². The van der Waals surface area contributed by atoms with E-state index in [1.54, 1.807) is 7.11 Å². The number of benzene rings is 2. The van der Waals surface area contributed by atoms with E-state index in [9.17, 15) is 0 Å². The van der Waals surface area contributed by atoms with Crippen molar-refractivity contribution in [2.45, 2.75) is 12.5 Å². The Kier molecular flexibility index (Phi) is 4.24. The second-order valence-corrected chi connectivity index (χ2v) is 4.60. The first-order valence-corrected chi connectivity index (χ1v) is 6.21. The maximum Gasteiger partial charge on any atom is 0.137 e. The minimum atomic E-state index is -0.0594. The van der Waals surface area contributed by atoms with Crippen LogP contribution in [0.4, 0.5) is 0 Å². The Balaban J connectivity index is 2.14. The molecule has 2 aromatic carbocycles. The van der Waals surface area contributed by atoms with Crippen molar-refractivity contribution in [2.75, 3.05) is 7.11 Å². The maximum atomic E-state index is 6.19. The second-order valence-electron chi connectivity index (χ2n) is 4.19. The minimum absolute atomic E-state index is 0.0594. The summed E-state index contributed by atoms with van der Waals surface area (Å²) in [6.45, 7) is 0. The molecule has 0 aliphatic rings. The molecule has 0 saturated carbocycles. The zero-order valence-corrected chi connectivity index (χ0v) is 11.0. The molecule has 0 aromatic heterocycles. The molecule has 2 N–H and O–H groups in total. The Labute approximate surface area is 112 Å². The van der Waals surface area contributed by atoms with Gasteiger partial charge in [0.1, 0.15) is 5.75 Å². The van der Waals surface area contributed by atoms with Gasteiger partial charge in [0, 0.05) is 6.04 Å². The number of ether oxygens (including phenoxy) is 1. The molecule has 0 bridgehead atoms. The molecule has 2 nitrogen and oxygen atoms in total. The van der Waals surface area contributed by atoms with Crippen molar-refractivity contribution in [3.63, 3.8) is 0 Å². The van der Waals surface area contributed by atoms with Gasteiger partial charge < -0.3 is 10.5 Å². The van der Waals surface area contributed by atoms with Crippen LogP contribution in [0, 0.1) is 0 Å². The lowest BCUT2D eigenvalue weighted by molar-refractivity contribution is 0.414. The monoisotopic (exact) mass is 261 g/mol. The van der Waals surface area contributed by atoms with E-state index in [0.717, 1.165) is 12.0 Å². The van der Waals surface area contributed by atoms with Crippen LogP contribution in [0.1, 0.15) is 17.2 Å². The van der Waals surface area contributed by atoms with Crippen LogP contribution in [0.3, 0.4) is 0 Å². The molecule has 1 unspecified atom stereocenters. The summed E-state index contributed by atoms with van der Waals surface area (Å²) in [6.07, 6.45) is 0.795. The number of rotatable bonds is 4. The van der Waals surface area contributed by atoms with Gasteiger partial charge >= 0.3 is 0 Å². The normalized spacial score (nSPS) is 12.2. The molecular weight excluding hydrogens is 246 g/mol. The van der Waals surface area contributed by atoms with Gasteiger partial charge in [0.25, 0.3) is 0 Å². The maximum absolute atomic E-state index is 6.19. The highest BCUT2D eigenvalue weighted by molar-refractivity contribution is 6.32. The van der Waals surface area contributed by atoms with Gasteiger partial charge in [0.2, 0.25) is 0 Å². The topological polar surface area (TPSA) is 35.2 Å². The Morgan fingerprint density at radius 2 is 1.89 bits per heavy atom. The van der Waals surface area contributed by atoms with E-state index in [1.807, 2.05) is 36.4 Å². The fourth-order valence-corrected chi connectivity index (χ4v) is 2.17. The predicted octanol–water partition coefficient (Wildman–Crippen LogP) is 3.59. The summed E-state index contributed by atoms with van der Waals surface area (Å²) in [5.74, 6) is 0.673. The minimum Gasteiger partial charge on any atom is -0.495 e. The summed E-state index contributed by atoms with van der Waals surface area (Å²) >= 11 is 6.10. The fraction of sp³-hybridized carbons (Fsp3) is 0.200. The van der Waals surface area contributed by atoms with Crippen LogP contribution in [-0.4, -0.2) is 7.11 Å². The lowest BCUT2D eigenvalue weighted by Gasteiger charge is -2.13. The van der Waals surface area contributed by atoms with Crippen LogP contribution in [0.25, 0.3) is 0 Å². The molecule has 0 aliphatic carbocycles. The summed E-state index contributed by atoms with van der Waals surface area (Å²) in [4.78, 5) is 0. The lowest BCUT2D eigenvalue weighted by atomic mass is 10.00.